The summed E-state index contributed by atoms with van der Waals surface area (Å²) in [5.74, 6) is 1.13. The normalized spacial score (nSPS) is 14.7. The molecule has 8 heteroatoms. The Hall–Kier alpha value is -4.95. The van der Waals surface area contributed by atoms with Crippen LogP contribution in [0.2, 0.25) is 0 Å². The molecule has 45 heavy (non-hydrogen) atoms. The number of likely N-dealkylation sites (N-methyl/N-ethyl adjacent to an activating group) is 1. The first-order valence-electron chi connectivity index (χ1n) is 15.1. The second-order valence-electron chi connectivity index (χ2n) is 10.8. The van der Waals surface area contributed by atoms with Crippen LogP contribution in [0, 0.1) is 0 Å². The molecule has 7 nitrogen and oxygen atoms in total. The molecule has 0 aliphatic carbocycles. The number of amides is 1. The Labute approximate surface area is 266 Å². The number of para-hydroxylation sites is 2. The maximum Gasteiger partial charge on any atom is 0.271 e. The van der Waals surface area contributed by atoms with E-state index in [1.165, 1.54) is 11.3 Å². The summed E-state index contributed by atoms with van der Waals surface area (Å²) < 4.78 is 14.2. The van der Waals surface area contributed by atoms with Crippen molar-refractivity contribution in [3.05, 3.63) is 139 Å². The summed E-state index contributed by atoms with van der Waals surface area (Å²) in [5, 5.41) is 2.30. The summed E-state index contributed by atoms with van der Waals surface area (Å²) in [4.78, 5) is 35.3. The molecule has 2 heterocycles. The van der Waals surface area contributed by atoms with Crippen LogP contribution in [0.5, 0.6) is 11.5 Å². The third-order valence-corrected chi connectivity index (χ3v) is 9.19. The van der Waals surface area contributed by atoms with Gasteiger partial charge >= 0.3 is 0 Å². The molecule has 0 saturated carbocycles. The number of thiazole rings is 1. The molecule has 1 atom stereocenters. The number of nitrogens with zero attached hydrogens (tertiary/aromatic N) is 3. The smallest absolute Gasteiger partial charge is 0.271 e. The summed E-state index contributed by atoms with van der Waals surface area (Å²) in [6.45, 7) is 7.22. The standard InChI is InChI=1S/C37H35N3O4S/c1-5-39(6-2)36(42)33-24(3)38-37-40(34(33)29-19-10-12-21-31(29)43-4)35(41)32(45-37)22-26-15-8-11-20-30(26)44-23-27-17-13-16-25-14-7-9-18-28(25)27/h7-22,34H,5-6,23H2,1-4H3/b32-22+/t34-/m0/s1. The van der Waals surface area contributed by atoms with Crippen molar-refractivity contribution in [1.82, 2.24) is 9.47 Å². The fourth-order valence-electron chi connectivity index (χ4n) is 5.91. The van der Waals surface area contributed by atoms with Gasteiger partial charge in [0, 0.05) is 24.2 Å². The molecular formula is C37H35N3O4S. The molecule has 1 amide bonds. The zero-order valence-electron chi connectivity index (χ0n) is 25.8. The molecule has 0 saturated heterocycles. The monoisotopic (exact) mass is 617 g/mol. The Bertz CT molecular complexity index is 2100. The van der Waals surface area contributed by atoms with Gasteiger partial charge in [0.05, 0.1) is 22.9 Å². The Balaban J connectivity index is 1.45. The van der Waals surface area contributed by atoms with Gasteiger partial charge in [0.1, 0.15) is 24.1 Å². The first-order valence-corrected chi connectivity index (χ1v) is 15.9. The van der Waals surface area contributed by atoms with Crippen LogP contribution in [0.4, 0.5) is 0 Å². The zero-order chi connectivity index (χ0) is 31.5. The van der Waals surface area contributed by atoms with Gasteiger partial charge in [-0.05, 0) is 55.3 Å². The largest absolute Gasteiger partial charge is 0.496 e. The predicted octanol–water partition coefficient (Wildman–Crippen LogP) is 5.84. The highest BCUT2D eigenvalue weighted by Crippen LogP contribution is 2.36. The summed E-state index contributed by atoms with van der Waals surface area (Å²) in [6.07, 6.45) is 1.85. The second-order valence-corrected chi connectivity index (χ2v) is 11.8. The molecule has 228 valence electrons. The molecule has 0 unspecified atom stereocenters. The number of hydrogen-bond acceptors (Lipinski definition) is 6. The van der Waals surface area contributed by atoms with Gasteiger partial charge < -0.3 is 14.4 Å². The van der Waals surface area contributed by atoms with E-state index in [9.17, 15) is 9.59 Å². The van der Waals surface area contributed by atoms with E-state index in [1.807, 2.05) is 93.6 Å². The zero-order valence-corrected chi connectivity index (χ0v) is 26.6. The Kier molecular flexibility index (Phi) is 8.67. The average molecular weight is 618 g/mol. The second kappa shape index (κ2) is 13.0. The van der Waals surface area contributed by atoms with Gasteiger partial charge in [0.25, 0.3) is 11.5 Å². The van der Waals surface area contributed by atoms with E-state index in [2.05, 4.69) is 24.3 Å². The number of methoxy groups -OCH3 is 1. The lowest BCUT2D eigenvalue weighted by atomic mass is 9.94. The molecule has 4 aromatic carbocycles. The fourth-order valence-corrected chi connectivity index (χ4v) is 6.95. The Morgan fingerprint density at radius 2 is 1.62 bits per heavy atom. The van der Waals surface area contributed by atoms with Gasteiger partial charge in [-0.2, -0.15) is 0 Å². The number of ether oxygens (including phenoxy) is 2. The molecule has 0 N–H and O–H groups in total. The van der Waals surface area contributed by atoms with E-state index >= 15 is 0 Å². The van der Waals surface area contributed by atoms with Crippen molar-refractivity contribution in [3.63, 3.8) is 0 Å². The lowest BCUT2D eigenvalue weighted by Crippen LogP contribution is -2.43. The quantitative estimate of drug-likeness (QED) is 0.208. The highest BCUT2D eigenvalue weighted by molar-refractivity contribution is 7.07. The number of carbonyl (C=O) groups is 1. The summed E-state index contributed by atoms with van der Waals surface area (Å²) in [7, 11) is 1.60. The highest BCUT2D eigenvalue weighted by Gasteiger charge is 2.35. The predicted molar refractivity (Wildman–Crippen MR) is 179 cm³/mol. The number of aromatic nitrogens is 1. The van der Waals surface area contributed by atoms with Crippen LogP contribution in [0.1, 0.15) is 43.5 Å². The van der Waals surface area contributed by atoms with Crippen LogP contribution < -0.4 is 24.4 Å². The van der Waals surface area contributed by atoms with E-state index in [-0.39, 0.29) is 11.5 Å². The van der Waals surface area contributed by atoms with Crippen molar-refractivity contribution in [2.45, 2.75) is 33.4 Å². The first-order chi connectivity index (χ1) is 21.9. The van der Waals surface area contributed by atoms with Crippen molar-refractivity contribution < 1.29 is 14.3 Å². The van der Waals surface area contributed by atoms with E-state index in [4.69, 9.17) is 14.5 Å². The number of fused-ring (bicyclic) bond motifs is 2. The van der Waals surface area contributed by atoms with Gasteiger partial charge in [0.2, 0.25) is 0 Å². The molecule has 0 bridgehead atoms. The van der Waals surface area contributed by atoms with E-state index in [1.54, 1.807) is 16.6 Å². The number of hydrogen-bond donors (Lipinski definition) is 0. The molecule has 0 spiro atoms. The van der Waals surface area contributed by atoms with Gasteiger partial charge in [0.15, 0.2) is 4.80 Å². The molecule has 0 radical (unpaired) electrons. The van der Waals surface area contributed by atoms with Crippen molar-refractivity contribution in [3.8, 4) is 11.5 Å². The molecule has 5 aromatic rings. The number of benzene rings is 4. The van der Waals surface area contributed by atoms with Crippen molar-refractivity contribution in [1.29, 1.82) is 0 Å². The number of rotatable bonds is 9. The maximum absolute atomic E-state index is 14.3. The van der Waals surface area contributed by atoms with Gasteiger partial charge in [-0.15, -0.1) is 0 Å². The third kappa shape index (κ3) is 5.69. The van der Waals surface area contributed by atoms with Gasteiger partial charge in [-0.25, -0.2) is 4.99 Å². The van der Waals surface area contributed by atoms with E-state index in [0.29, 0.717) is 51.8 Å². The summed E-state index contributed by atoms with van der Waals surface area (Å²) in [6, 6.07) is 29.0. The van der Waals surface area contributed by atoms with E-state index < -0.39 is 6.04 Å². The lowest BCUT2D eigenvalue weighted by Gasteiger charge is -2.29. The SMILES string of the molecule is CCN(CC)C(=O)C1=C(C)N=c2s/c(=C/c3ccccc3OCc3cccc4ccccc34)c(=O)n2[C@H]1c1ccccc1OC. The minimum Gasteiger partial charge on any atom is -0.496 e. The van der Waals surface area contributed by atoms with Crippen LogP contribution in [-0.2, 0) is 11.4 Å². The summed E-state index contributed by atoms with van der Waals surface area (Å²) in [5.41, 5.74) is 3.44. The van der Waals surface area contributed by atoms with Gasteiger partial charge in [-0.3, -0.25) is 14.2 Å². The third-order valence-electron chi connectivity index (χ3n) is 8.20. The van der Waals surface area contributed by atoms with Crippen molar-refractivity contribution >= 4 is 34.1 Å². The summed E-state index contributed by atoms with van der Waals surface area (Å²) >= 11 is 1.30. The average Bonchev–Trinajstić information content (AvgIpc) is 3.37. The van der Waals surface area contributed by atoms with Crippen LogP contribution in [0.3, 0.4) is 0 Å². The van der Waals surface area contributed by atoms with Crippen LogP contribution in [0.15, 0.2) is 112 Å². The maximum atomic E-state index is 14.3. The van der Waals surface area contributed by atoms with Gasteiger partial charge in [-0.1, -0.05) is 90.2 Å². The highest BCUT2D eigenvalue weighted by atomic mass is 32.1. The first kappa shape index (κ1) is 30.1. The molecule has 6 rings (SSSR count). The lowest BCUT2D eigenvalue weighted by molar-refractivity contribution is -0.127. The molecule has 1 aliphatic heterocycles. The Morgan fingerprint density at radius 1 is 0.933 bits per heavy atom. The van der Waals surface area contributed by atoms with Crippen LogP contribution in [0.25, 0.3) is 16.8 Å². The fraction of sp³-hybridized carbons (Fsp3) is 0.216. The minimum absolute atomic E-state index is 0.140. The van der Waals surface area contributed by atoms with Crippen molar-refractivity contribution in [2.75, 3.05) is 20.2 Å². The minimum atomic E-state index is -0.689. The van der Waals surface area contributed by atoms with Crippen molar-refractivity contribution in [2.24, 2.45) is 4.99 Å². The number of carbonyl (C=O) groups excluding carboxylic acids is 1. The Morgan fingerprint density at radius 3 is 2.40 bits per heavy atom. The molecule has 1 aliphatic rings. The topological polar surface area (TPSA) is 73.1 Å². The number of allylic oxidation sites excluding steroid dienone is 1. The van der Waals surface area contributed by atoms with Crippen LogP contribution in [-0.4, -0.2) is 35.6 Å². The molecule has 0 fully saturated rings. The van der Waals surface area contributed by atoms with Crippen LogP contribution >= 0.6 is 11.3 Å². The van der Waals surface area contributed by atoms with E-state index in [0.717, 1.165) is 27.5 Å². The molecule has 1 aromatic heterocycles. The molecular weight excluding hydrogens is 582 g/mol.